The Labute approximate surface area is 171 Å². The van der Waals surface area contributed by atoms with Crippen LogP contribution >= 0.6 is 0 Å². The second-order valence-corrected chi connectivity index (χ2v) is 7.90. The molecule has 3 heterocycles. The van der Waals surface area contributed by atoms with Gasteiger partial charge in [-0.25, -0.2) is 0 Å². The van der Waals surface area contributed by atoms with Crippen molar-refractivity contribution in [3.63, 3.8) is 0 Å². The van der Waals surface area contributed by atoms with Gasteiger partial charge >= 0.3 is 0 Å². The lowest BCUT2D eigenvalue weighted by Gasteiger charge is -2.26. The fourth-order valence-electron chi connectivity index (χ4n) is 4.47. The number of methoxy groups -OCH3 is 1. The Kier molecular flexibility index (Phi) is 5.94. The number of benzene rings is 1. The minimum absolute atomic E-state index is 0.218. The SMILES string of the molecule is C=NC[C@@H]1CCCN1C(=O)CN1CC[C@@H](Nc2cccc3ncc(OC)cc23)C1. The smallest absolute Gasteiger partial charge is 0.237 e. The molecule has 0 saturated carbocycles. The number of amides is 1. The van der Waals surface area contributed by atoms with Gasteiger partial charge in [0.2, 0.25) is 5.91 Å². The van der Waals surface area contributed by atoms with Crippen LogP contribution in [0.25, 0.3) is 10.9 Å². The number of carbonyl (C=O) groups excluding carboxylic acids is 1. The van der Waals surface area contributed by atoms with Crippen molar-refractivity contribution in [1.82, 2.24) is 14.8 Å². The van der Waals surface area contributed by atoms with E-state index in [4.69, 9.17) is 4.74 Å². The Morgan fingerprint density at radius 3 is 3.10 bits per heavy atom. The summed E-state index contributed by atoms with van der Waals surface area (Å²) in [4.78, 5) is 25.5. The normalized spacial score (nSPS) is 22.2. The summed E-state index contributed by atoms with van der Waals surface area (Å²) in [5.74, 6) is 0.968. The molecular formula is C22H29N5O2. The lowest BCUT2D eigenvalue weighted by Crippen LogP contribution is -2.43. The number of hydrogen-bond acceptors (Lipinski definition) is 6. The maximum Gasteiger partial charge on any atom is 0.237 e. The molecule has 29 heavy (non-hydrogen) atoms. The van der Waals surface area contributed by atoms with Crippen molar-refractivity contribution in [2.45, 2.75) is 31.3 Å². The van der Waals surface area contributed by atoms with Crippen molar-refractivity contribution < 1.29 is 9.53 Å². The van der Waals surface area contributed by atoms with Crippen molar-refractivity contribution in [2.75, 3.05) is 45.2 Å². The summed E-state index contributed by atoms with van der Waals surface area (Å²) in [7, 11) is 1.65. The van der Waals surface area contributed by atoms with Crippen molar-refractivity contribution in [2.24, 2.45) is 4.99 Å². The van der Waals surface area contributed by atoms with Gasteiger partial charge in [0.05, 0.1) is 38.0 Å². The van der Waals surface area contributed by atoms with E-state index in [0.717, 1.165) is 61.2 Å². The van der Waals surface area contributed by atoms with E-state index in [9.17, 15) is 4.79 Å². The number of ether oxygens (including phenoxy) is 1. The molecule has 1 aromatic heterocycles. The minimum Gasteiger partial charge on any atom is -0.495 e. The van der Waals surface area contributed by atoms with E-state index in [1.165, 1.54) is 0 Å². The molecule has 0 aliphatic carbocycles. The van der Waals surface area contributed by atoms with Crippen LogP contribution in [0.15, 0.2) is 35.5 Å². The summed E-state index contributed by atoms with van der Waals surface area (Å²) in [6.07, 6.45) is 4.85. The second kappa shape index (κ2) is 8.78. The molecule has 2 saturated heterocycles. The molecular weight excluding hydrogens is 366 g/mol. The van der Waals surface area contributed by atoms with E-state index in [0.29, 0.717) is 19.1 Å². The highest BCUT2D eigenvalue weighted by Crippen LogP contribution is 2.27. The average molecular weight is 396 g/mol. The van der Waals surface area contributed by atoms with Gasteiger partial charge in [0.15, 0.2) is 0 Å². The standard InChI is InChI=1S/C22H29N5O2/c1-23-12-17-5-4-9-27(17)22(28)15-26-10-8-16(14-26)25-21-7-3-6-20-19(21)11-18(29-2)13-24-20/h3,6-7,11,13,16-17,25H,1,4-5,8-10,12,14-15H2,2H3/t16-,17+/m1/s1. The predicted octanol–water partition coefficient (Wildman–Crippen LogP) is 2.42. The summed E-state index contributed by atoms with van der Waals surface area (Å²) in [5.41, 5.74) is 2.00. The molecule has 1 aromatic carbocycles. The van der Waals surface area contributed by atoms with Gasteiger partial charge in [0.25, 0.3) is 0 Å². The fraction of sp³-hybridized carbons (Fsp3) is 0.500. The third kappa shape index (κ3) is 4.34. The first kappa shape index (κ1) is 19.6. The summed E-state index contributed by atoms with van der Waals surface area (Å²) in [6.45, 7) is 7.34. The monoisotopic (exact) mass is 395 g/mol. The molecule has 0 unspecified atom stereocenters. The number of aliphatic imine (C=N–C) groups is 1. The number of hydrogen-bond donors (Lipinski definition) is 1. The summed E-state index contributed by atoms with van der Waals surface area (Å²) < 4.78 is 5.33. The molecule has 154 valence electrons. The van der Waals surface area contributed by atoms with Gasteiger partial charge in [-0.1, -0.05) is 6.07 Å². The van der Waals surface area contributed by atoms with Crippen LogP contribution < -0.4 is 10.1 Å². The van der Waals surface area contributed by atoms with Crippen molar-refractivity contribution in [3.8, 4) is 5.75 Å². The van der Waals surface area contributed by atoms with Crippen LogP contribution in [0.3, 0.4) is 0 Å². The van der Waals surface area contributed by atoms with E-state index in [-0.39, 0.29) is 11.9 Å². The van der Waals surface area contributed by atoms with Crippen LogP contribution in [0.1, 0.15) is 19.3 Å². The lowest BCUT2D eigenvalue weighted by atomic mass is 10.1. The number of fused-ring (bicyclic) bond motifs is 1. The number of anilines is 1. The molecule has 0 bridgehead atoms. The van der Waals surface area contributed by atoms with Crippen LogP contribution in [0, 0.1) is 0 Å². The average Bonchev–Trinajstić information content (AvgIpc) is 3.37. The molecule has 2 aliphatic heterocycles. The Bertz CT molecular complexity index is 887. The largest absolute Gasteiger partial charge is 0.495 e. The topological polar surface area (TPSA) is 70.1 Å². The molecule has 7 nitrogen and oxygen atoms in total. The molecule has 0 spiro atoms. The van der Waals surface area contributed by atoms with Gasteiger partial charge < -0.3 is 15.0 Å². The summed E-state index contributed by atoms with van der Waals surface area (Å²) in [5, 5.41) is 4.71. The number of rotatable bonds is 7. The molecule has 0 radical (unpaired) electrons. The maximum atomic E-state index is 12.8. The summed E-state index contributed by atoms with van der Waals surface area (Å²) >= 11 is 0. The maximum absolute atomic E-state index is 12.8. The highest BCUT2D eigenvalue weighted by Gasteiger charge is 2.31. The molecule has 2 atom stereocenters. The Hall–Kier alpha value is -2.67. The molecule has 1 N–H and O–H groups in total. The zero-order valence-electron chi connectivity index (χ0n) is 17.0. The second-order valence-electron chi connectivity index (χ2n) is 7.90. The first-order valence-electron chi connectivity index (χ1n) is 10.3. The molecule has 2 fully saturated rings. The van der Waals surface area contributed by atoms with Gasteiger partial charge in [-0.2, -0.15) is 0 Å². The number of likely N-dealkylation sites (tertiary alicyclic amines) is 2. The Morgan fingerprint density at radius 2 is 2.28 bits per heavy atom. The number of aromatic nitrogens is 1. The van der Waals surface area contributed by atoms with Gasteiger partial charge in [-0.3, -0.25) is 19.7 Å². The highest BCUT2D eigenvalue weighted by atomic mass is 16.5. The summed E-state index contributed by atoms with van der Waals surface area (Å²) in [6, 6.07) is 8.65. The van der Waals surface area contributed by atoms with E-state index in [1.54, 1.807) is 13.3 Å². The van der Waals surface area contributed by atoms with Crippen LogP contribution in [-0.4, -0.2) is 79.3 Å². The van der Waals surface area contributed by atoms with Crippen molar-refractivity contribution in [3.05, 3.63) is 30.5 Å². The number of nitrogens with one attached hydrogen (secondary N) is 1. The third-order valence-electron chi connectivity index (χ3n) is 5.96. The predicted molar refractivity (Wildman–Crippen MR) is 116 cm³/mol. The van der Waals surface area contributed by atoms with Gasteiger partial charge in [-0.15, -0.1) is 0 Å². The first-order valence-corrected chi connectivity index (χ1v) is 10.3. The first-order chi connectivity index (χ1) is 14.2. The number of pyridine rings is 1. The highest BCUT2D eigenvalue weighted by molar-refractivity contribution is 5.92. The van der Waals surface area contributed by atoms with Crippen LogP contribution in [0.4, 0.5) is 5.69 Å². The quantitative estimate of drug-likeness (QED) is 0.729. The molecule has 2 aliphatic rings. The molecule has 7 heteroatoms. The van der Waals surface area contributed by atoms with E-state index < -0.39 is 0 Å². The van der Waals surface area contributed by atoms with Crippen LogP contribution in [0.5, 0.6) is 5.75 Å². The lowest BCUT2D eigenvalue weighted by molar-refractivity contribution is -0.132. The van der Waals surface area contributed by atoms with Gasteiger partial charge in [0.1, 0.15) is 5.75 Å². The van der Waals surface area contributed by atoms with Crippen LogP contribution in [-0.2, 0) is 4.79 Å². The Balaban J connectivity index is 1.37. The van der Waals surface area contributed by atoms with Gasteiger partial charge in [0, 0.05) is 36.7 Å². The van der Waals surface area contributed by atoms with Crippen LogP contribution in [0.2, 0.25) is 0 Å². The van der Waals surface area contributed by atoms with Crippen molar-refractivity contribution >= 4 is 29.2 Å². The Morgan fingerprint density at radius 1 is 1.38 bits per heavy atom. The zero-order chi connectivity index (χ0) is 20.2. The number of carbonyl (C=O) groups is 1. The third-order valence-corrected chi connectivity index (χ3v) is 5.96. The number of nitrogens with zero attached hydrogens (tertiary/aromatic N) is 4. The molecule has 2 aromatic rings. The minimum atomic E-state index is 0.218. The molecule has 1 amide bonds. The van der Waals surface area contributed by atoms with E-state index in [2.05, 4.69) is 33.0 Å². The zero-order valence-corrected chi connectivity index (χ0v) is 17.0. The fourth-order valence-corrected chi connectivity index (χ4v) is 4.47. The molecule has 4 rings (SSSR count). The van der Waals surface area contributed by atoms with E-state index in [1.807, 2.05) is 23.1 Å². The van der Waals surface area contributed by atoms with E-state index >= 15 is 0 Å². The van der Waals surface area contributed by atoms with Gasteiger partial charge in [-0.05, 0) is 44.2 Å². The van der Waals surface area contributed by atoms with Crippen molar-refractivity contribution in [1.29, 1.82) is 0 Å².